The van der Waals surface area contributed by atoms with Crippen LogP contribution in [0.4, 0.5) is 16.4 Å². The van der Waals surface area contributed by atoms with Gasteiger partial charge in [0.25, 0.3) is 0 Å². The molecule has 1 aliphatic heterocycles. The van der Waals surface area contributed by atoms with Crippen LogP contribution in [0.15, 0.2) is 42.5 Å². The van der Waals surface area contributed by atoms with Crippen LogP contribution in [0, 0.1) is 0 Å². The van der Waals surface area contributed by atoms with E-state index < -0.39 is 0 Å². The molecular weight excluding hydrogens is 370 g/mol. The lowest BCUT2D eigenvalue weighted by Crippen LogP contribution is -2.50. The van der Waals surface area contributed by atoms with Crippen LogP contribution in [-0.4, -0.2) is 60.9 Å². The predicted octanol–water partition coefficient (Wildman–Crippen LogP) is 2.94. The number of nitrogens with one attached hydrogen (secondary N) is 1. The monoisotopic (exact) mass is 395 g/mol. The van der Waals surface area contributed by atoms with Crippen molar-refractivity contribution in [1.82, 2.24) is 14.5 Å². The van der Waals surface area contributed by atoms with Crippen LogP contribution in [0.5, 0.6) is 11.5 Å². The largest absolute Gasteiger partial charge is 0.497 e. The van der Waals surface area contributed by atoms with E-state index in [4.69, 9.17) is 14.5 Å². The maximum absolute atomic E-state index is 12.7. The van der Waals surface area contributed by atoms with Crippen molar-refractivity contribution in [3.63, 3.8) is 0 Å². The minimum absolute atomic E-state index is 0.141. The maximum atomic E-state index is 12.7. The average molecular weight is 395 g/mol. The van der Waals surface area contributed by atoms with E-state index in [0.717, 1.165) is 30.1 Å². The molecule has 2 heterocycles. The van der Waals surface area contributed by atoms with Gasteiger partial charge in [0.05, 0.1) is 30.9 Å². The molecule has 0 atom stereocenters. The molecule has 1 saturated heterocycles. The summed E-state index contributed by atoms with van der Waals surface area (Å²) in [6, 6.07) is 13.3. The van der Waals surface area contributed by atoms with E-state index in [1.54, 1.807) is 32.4 Å². The summed E-state index contributed by atoms with van der Waals surface area (Å²) in [4.78, 5) is 21.5. The lowest BCUT2D eigenvalue weighted by Gasteiger charge is -2.35. The molecule has 29 heavy (non-hydrogen) atoms. The van der Waals surface area contributed by atoms with Gasteiger partial charge in [-0.3, -0.25) is 0 Å². The van der Waals surface area contributed by atoms with Gasteiger partial charge in [0, 0.05) is 39.3 Å². The number of piperazine rings is 1. The van der Waals surface area contributed by atoms with Crippen molar-refractivity contribution in [2.75, 3.05) is 50.6 Å². The fourth-order valence-electron chi connectivity index (χ4n) is 3.62. The Hall–Kier alpha value is -3.42. The number of amides is 2. The van der Waals surface area contributed by atoms with Crippen molar-refractivity contribution in [2.45, 2.75) is 0 Å². The number of imidazole rings is 1. The summed E-state index contributed by atoms with van der Waals surface area (Å²) < 4.78 is 12.7. The number of rotatable bonds is 4. The minimum atomic E-state index is -0.141. The molecule has 0 saturated carbocycles. The van der Waals surface area contributed by atoms with Crippen molar-refractivity contribution in [1.29, 1.82) is 0 Å². The molecule has 1 fully saturated rings. The molecular formula is C21H25N5O3. The number of fused-ring (bicyclic) bond motifs is 1. The van der Waals surface area contributed by atoms with Crippen LogP contribution in [-0.2, 0) is 7.05 Å². The Balaban J connectivity index is 1.41. The molecule has 1 N–H and O–H groups in total. The number of hydrogen-bond acceptors (Lipinski definition) is 5. The summed E-state index contributed by atoms with van der Waals surface area (Å²) in [6.45, 7) is 2.69. The Morgan fingerprint density at radius 2 is 1.79 bits per heavy atom. The summed E-state index contributed by atoms with van der Waals surface area (Å²) >= 11 is 0. The number of hydrogen-bond donors (Lipinski definition) is 1. The first-order valence-electron chi connectivity index (χ1n) is 9.55. The molecule has 1 aromatic heterocycles. The van der Waals surface area contributed by atoms with Gasteiger partial charge in [-0.15, -0.1) is 0 Å². The molecule has 0 bridgehead atoms. The van der Waals surface area contributed by atoms with Gasteiger partial charge in [-0.2, -0.15) is 0 Å². The van der Waals surface area contributed by atoms with E-state index in [1.165, 1.54) is 0 Å². The van der Waals surface area contributed by atoms with E-state index in [0.29, 0.717) is 30.3 Å². The Morgan fingerprint density at radius 3 is 2.48 bits per heavy atom. The molecule has 2 aromatic carbocycles. The van der Waals surface area contributed by atoms with Crippen molar-refractivity contribution in [3.8, 4) is 11.5 Å². The second-order valence-corrected chi connectivity index (χ2v) is 6.93. The highest BCUT2D eigenvalue weighted by Gasteiger charge is 2.24. The fourth-order valence-corrected chi connectivity index (χ4v) is 3.62. The van der Waals surface area contributed by atoms with Crippen molar-refractivity contribution in [2.24, 2.45) is 7.05 Å². The molecule has 8 heteroatoms. The number of methoxy groups -OCH3 is 2. The van der Waals surface area contributed by atoms with E-state index in [2.05, 4.69) is 20.9 Å². The Morgan fingerprint density at radius 1 is 1.03 bits per heavy atom. The smallest absolute Gasteiger partial charge is 0.322 e. The van der Waals surface area contributed by atoms with Gasteiger partial charge in [-0.1, -0.05) is 12.1 Å². The first-order chi connectivity index (χ1) is 14.1. The lowest BCUT2D eigenvalue weighted by atomic mass is 10.2. The molecule has 0 radical (unpaired) electrons. The number of aryl methyl sites for hydroxylation is 1. The number of nitrogens with zero attached hydrogens (tertiary/aromatic N) is 4. The maximum Gasteiger partial charge on any atom is 0.322 e. The standard InChI is InChI=1S/C21H25N5O3/c1-24-18-7-5-4-6-16(18)22-20(24)25-10-12-26(13-11-25)21(27)23-17-9-8-15(28-2)14-19(17)29-3/h4-9,14H,10-13H2,1-3H3,(H,23,27). The van der Waals surface area contributed by atoms with Crippen LogP contribution in [0.2, 0.25) is 0 Å². The van der Waals surface area contributed by atoms with Crippen LogP contribution >= 0.6 is 0 Å². The quantitative estimate of drug-likeness (QED) is 0.735. The van der Waals surface area contributed by atoms with E-state index in [-0.39, 0.29) is 6.03 Å². The predicted molar refractivity (Wildman–Crippen MR) is 113 cm³/mol. The van der Waals surface area contributed by atoms with Gasteiger partial charge in [0.2, 0.25) is 5.95 Å². The van der Waals surface area contributed by atoms with Gasteiger partial charge < -0.3 is 29.2 Å². The molecule has 2 amide bonds. The second-order valence-electron chi connectivity index (χ2n) is 6.93. The highest BCUT2D eigenvalue weighted by atomic mass is 16.5. The van der Waals surface area contributed by atoms with E-state index in [9.17, 15) is 4.79 Å². The summed E-state index contributed by atoms with van der Waals surface area (Å²) in [5, 5.41) is 2.94. The Bertz CT molecular complexity index is 1020. The van der Waals surface area contributed by atoms with Gasteiger partial charge >= 0.3 is 6.03 Å². The second kappa shape index (κ2) is 7.90. The average Bonchev–Trinajstić information content (AvgIpc) is 3.11. The first-order valence-corrected chi connectivity index (χ1v) is 9.55. The zero-order valence-corrected chi connectivity index (χ0v) is 16.9. The van der Waals surface area contributed by atoms with Crippen LogP contribution < -0.4 is 19.7 Å². The SMILES string of the molecule is COc1ccc(NC(=O)N2CCN(c3nc4ccccc4n3C)CC2)c(OC)c1. The fraction of sp³-hybridized carbons (Fsp3) is 0.333. The molecule has 4 rings (SSSR count). The number of benzene rings is 2. The number of para-hydroxylation sites is 2. The number of anilines is 2. The molecule has 0 aliphatic carbocycles. The summed E-state index contributed by atoms with van der Waals surface area (Å²) in [5.74, 6) is 2.18. The van der Waals surface area contributed by atoms with Crippen LogP contribution in [0.1, 0.15) is 0 Å². The third-order valence-corrected chi connectivity index (χ3v) is 5.26. The number of carbonyl (C=O) groups is 1. The molecule has 3 aromatic rings. The number of aromatic nitrogens is 2. The zero-order chi connectivity index (χ0) is 20.4. The molecule has 8 nitrogen and oxygen atoms in total. The Kier molecular flexibility index (Phi) is 5.16. The molecule has 1 aliphatic rings. The van der Waals surface area contributed by atoms with Crippen LogP contribution in [0.3, 0.4) is 0 Å². The summed E-state index contributed by atoms with van der Waals surface area (Å²) in [6.07, 6.45) is 0. The zero-order valence-electron chi connectivity index (χ0n) is 16.9. The van der Waals surface area contributed by atoms with E-state index in [1.807, 2.05) is 30.1 Å². The van der Waals surface area contributed by atoms with Gasteiger partial charge in [0.1, 0.15) is 11.5 Å². The summed E-state index contributed by atoms with van der Waals surface area (Å²) in [5.41, 5.74) is 2.71. The molecule has 152 valence electrons. The number of ether oxygens (including phenoxy) is 2. The van der Waals surface area contributed by atoms with Gasteiger partial charge in [-0.05, 0) is 24.3 Å². The topological polar surface area (TPSA) is 71.9 Å². The Labute approximate surface area is 169 Å². The van der Waals surface area contributed by atoms with Gasteiger partial charge in [0.15, 0.2) is 0 Å². The molecule has 0 spiro atoms. The number of urea groups is 1. The summed E-state index contributed by atoms with van der Waals surface area (Å²) in [7, 11) is 5.19. The molecule has 0 unspecified atom stereocenters. The highest BCUT2D eigenvalue weighted by Crippen LogP contribution is 2.29. The van der Waals surface area contributed by atoms with Crippen LogP contribution in [0.25, 0.3) is 11.0 Å². The number of carbonyl (C=O) groups excluding carboxylic acids is 1. The normalized spacial score (nSPS) is 14.2. The minimum Gasteiger partial charge on any atom is -0.497 e. The van der Waals surface area contributed by atoms with E-state index >= 15 is 0 Å². The van der Waals surface area contributed by atoms with Crippen molar-refractivity contribution < 1.29 is 14.3 Å². The van der Waals surface area contributed by atoms with Gasteiger partial charge in [-0.25, -0.2) is 9.78 Å². The third-order valence-electron chi connectivity index (χ3n) is 5.26. The highest BCUT2D eigenvalue weighted by molar-refractivity contribution is 5.91. The van der Waals surface area contributed by atoms with Crippen molar-refractivity contribution >= 4 is 28.7 Å². The first kappa shape index (κ1) is 18.9. The lowest BCUT2D eigenvalue weighted by molar-refractivity contribution is 0.207. The third kappa shape index (κ3) is 3.65. The van der Waals surface area contributed by atoms with Crippen molar-refractivity contribution in [3.05, 3.63) is 42.5 Å².